The quantitative estimate of drug-likeness (QED) is 0.170. The molecule has 0 amide bonds. The summed E-state index contributed by atoms with van der Waals surface area (Å²) in [5.41, 5.74) is 18.4. The van der Waals surface area contributed by atoms with Gasteiger partial charge in [0.25, 0.3) is 0 Å². The van der Waals surface area contributed by atoms with Gasteiger partial charge in [-0.25, -0.2) is 9.97 Å². The summed E-state index contributed by atoms with van der Waals surface area (Å²) in [4.78, 5) is 10.8. The zero-order chi connectivity index (χ0) is 38.9. The molecule has 0 atom stereocenters. The molecule has 0 saturated heterocycles. The maximum Gasteiger partial charge on any atom is 0.161 e. The molecular formula is C56H34N2O. The van der Waals surface area contributed by atoms with Crippen LogP contribution >= 0.6 is 0 Å². The van der Waals surface area contributed by atoms with E-state index in [1.54, 1.807) is 0 Å². The van der Waals surface area contributed by atoms with Gasteiger partial charge in [-0.15, -0.1) is 0 Å². The predicted octanol–water partition coefficient (Wildman–Crippen LogP) is 15.2. The smallest absolute Gasteiger partial charge is 0.161 e. The lowest BCUT2D eigenvalue weighted by atomic mass is 9.91. The SMILES string of the molecule is c1ccc(-c2cc(-c3ccc4oc5ccccc5c4c3)cc(-c3cc(-c4ccccc4)nc(-c4ccccc4-c4ccc5c6c(cccc46)-c4ccccc4-5)n3)c2)cc1. The Hall–Kier alpha value is -7.88. The molecule has 59 heavy (non-hydrogen) atoms. The normalized spacial score (nSPS) is 11.7. The highest BCUT2D eigenvalue weighted by atomic mass is 16.3. The molecule has 11 aromatic rings. The molecule has 2 heterocycles. The van der Waals surface area contributed by atoms with Gasteiger partial charge in [-0.3, -0.25) is 0 Å². The van der Waals surface area contributed by atoms with E-state index in [4.69, 9.17) is 14.4 Å². The van der Waals surface area contributed by atoms with Crippen LogP contribution in [-0.2, 0) is 0 Å². The first kappa shape index (κ1) is 33.3. The van der Waals surface area contributed by atoms with Crippen molar-refractivity contribution in [3.8, 4) is 89.5 Å². The van der Waals surface area contributed by atoms with Crippen molar-refractivity contribution in [3.05, 3.63) is 206 Å². The first-order chi connectivity index (χ1) is 29.2. The maximum absolute atomic E-state index is 6.22. The van der Waals surface area contributed by atoms with Gasteiger partial charge < -0.3 is 4.42 Å². The molecule has 0 unspecified atom stereocenters. The van der Waals surface area contributed by atoms with Gasteiger partial charge in [0.15, 0.2) is 5.82 Å². The number of hydrogen-bond acceptors (Lipinski definition) is 3. The lowest BCUT2D eigenvalue weighted by Gasteiger charge is -2.16. The number of aromatic nitrogens is 2. The first-order valence-corrected chi connectivity index (χ1v) is 20.1. The summed E-state index contributed by atoms with van der Waals surface area (Å²) >= 11 is 0. The van der Waals surface area contributed by atoms with Crippen LogP contribution in [0.15, 0.2) is 211 Å². The maximum atomic E-state index is 6.22. The first-order valence-electron chi connectivity index (χ1n) is 20.1. The lowest BCUT2D eigenvalue weighted by molar-refractivity contribution is 0.669. The zero-order valence-electron chi connectivity index (χ0n) is 31.9. The highest BCUT2D eigenvalue weighted by Gasteiger charge is 2.24. The van der Waals surface area contributed by atoms with Crippen LogP contribution in [0.5, 0.6) is 0 Å². The number of fused-ring (bicyclic) bond motifs is 6. The van der Waals surface area contributed by atoms with Crippen molar-refractivity contribution in [2.75, 3.05) is 0 Å². The van der Waals surface area contributed by atoms with Gasteiger partial charge in [-0.1, -0.05) is 164 Å². The third-order valence-electron chi connectivity index (χ3n) is 11.8. The van der Waals surface area contributed by atoms with Crippen LogP contribution in [0.25, 0.3) is 122 Å². The minimum Gasteiger partial charge on any atom is -0.456 e. The van der Waals surface area contributed by atoms with E-state index in [0.29, 0.717) is 5.82 Å². The molecule has 0 aliphatic heterocycles. The fraction of sp³-hybridized carbons (Fsp3) is 0. The summed E-state index contributed by atoms with van der Waals surface area (Å²) in [5, 5.41) is 4.74. The van der Waals surface area contributed by atoms with E-state index < -0.39 is 0 Å². The second-order valence-corrected chi connectivity index (χ2v) is 15.3. The van der Waals surface area contributed by atoms with Crippen LogP contribution in [0.3, 0.4) is 0 Å². The zero-order valence-corrected chi connectivity index (χ0v) is 31.9. The molecule has 3 nitrogen and oxygen atoms in total. The number of para-hydroxylation sites is 1. The van der Waals surface area contributed by atoms with Gasteiger partial charge in [0.2, 0.25) is 0 Å². The molecule has 0 fully saturated rings. The Labute approximate surface area is 341 Å². The molecule has 0 saturated carbocycles. The molecule has 274 valence electrons. The molecule has 1 aliphatic rings. The van der Waals surface area contributed by atoms with Crippen LogP contribution in [0.1, 0.15) is 0 Å². The summed E-state index contributed by atoms with van der Waals surface area (Å²) in [7, 11) is 0. The van der Waals surface area contributed by atoms with Crippen molar-refractivity contribution in [2.24, 2.45) is 0 Å². The second-order valence-electron chi connectivity index (χ2n) is 15.3. The van der Waals surface area contributed by atoms with Crippen molar-refractivity contribution in [3.63, 3.8) is 0 Å². The van der Waals surface area contributed by atoms with E-state index >= 15 is 0 Å². The number of nitrogens with zero attached hydrogens (tertiary/aromatic N) is 2. The largest absolute Gasteiger partial charge is 0.456 e. The molecular weight excluding hydrogens is 717 g/mol. The minimum absolute atomic E-state index is 0.682. The Morgan fingerprint density at radius 1 is 0.271 bits per heavy atom. The number of rotatable bonds is 6. The molecule has 3 heteroatoms. The monoisotopic (exact) mass is 750 g/mol. The summed E-state index contributed by atoms with van der Waals surface area (Å²) in [6, 6.07) is 73.3. The van der Waals surface area contributed by atoms with E-state index in [1.807, 2.05) is 18.2 Å². The van der Waals surface area contributed by atoms with Crippen LogP contribution in [0.4, 0.5) is 0 Å². The van der Waals surface area contributed by atoms with Crippen molar-refractivity contribution >= 4 is 32.7 Å². The van der Waals surface area contributed by atoms with Crippen LogP contribution in [0, 0.1) is 0 Å². The van der Waals surface area contributed by atoms with E-state index in [-0.39, 0.29) is 0 Å². The van der Waals surface area contributed by atoms with Crippen LogP contribution in [-0.4, -0.2) is 9.97 Å². The topological polar surface area (TPSA) is 38.9 Å². The average Bonchev–Trinajstić information content (AvgIpc) is 3.85. The van der Waals surface area contributed by atoms with Gasteiger partial charge in [0.1, 0.15) is 11.2 Å². The lowest BCUT2D eigenvalue weighted by Crippen LogP contribution is -1.98. The van der Waals surface area contributed by atoms with Crippen molar-refractivity contribution < 1.29 is 4.42 Å². The Morgan fingerprint density at radius 2 is 0.797 bits per heavy atom. The van der Waals surface area contributed by atoms with Gasteiger partial charge >= 0.3 is 0 Å². The summed E-state index contributed by atoms with van der Waals surface area (Å²) in [6.45, 7) is 0. The Kier molecular flexibility index (Phi) is 7.54. The third kappa shape index (κ3) is 5.51. The predicted molar refractivity (Wildman–Crippen MR) is 244 cm³/mol. The number of furan rings is 1. The van der Waals surface area contributed by atoms with E-state index in [1.165, 1.54) is 38.6 Å². The molecule has 0 bridgehead atoms. The Morgan fingerprint density at radius 3 is 1.56 bits per heavy atom. The summed E-state index contributed by atoms with van der Waals surface area (Å²) in [5.74, 6) is 0.682. The molecule has 0 N–H and O–H groups in total. The molecule has 12 rings (SSSR count). The fourth-order valence-electron chi connectivity index (χ4n) is 9.07. The van der Waals surface area contributed by atoms with E-state index in [0.717, 1.165) is 77.8 Å². The third-order valence-corrected chi connectivity index (χ3v) is 11.8. The van der Waals surface area contributed by atoms with Gasteiger partial charge in [0, 0.05) is 27.5 Å². The van der Waals surface area contributed by atoms with Gasteiger partial charge in [-0.05, 0) is 109 Å². The van der Waals surface area contributed by atoms with Gasteiger partial charge in [0.05, 0.1) is 11.4 Å². The summed E-state index contributed by atoms with van der Waals surface area (Å²) in [6.07, 6.45) is 0. The highest BCUT2D eigenvalue weighted by Crippen LogP contribution is 2.50. The summed E-state index contributed by atoms with van der Waals surface area (Å²) < 4.78 is 6.22. The van der Waals surface area contributed by atoms with E-state index in [2.05, 4.69) is 188 Å². The molecule has 0 radical (unpaired) electrons. The average molecular weight is 751 g/mol. The standard InChI is InChI=1S/C56H34N2O/c1-3-14-35(15-4-1)38-30-39(37-26-29-54-50(33-37)45-21-11-12-25-53(45)59-54)32-40(31-38)52-34-51(36-16-5-2-6-17-36)57-56(58-52)49-22-10-9-20-43(49)44-27-28-48-42-19-8-7-18-41(42)46-23-13-24-47(44)55(46)48/h1-34H. The fourth-order valence-corrected chi connectivity index (χ4v) is 9.07. The second kappa shape index (κ2) is 13.4. The number of benzene rings is 9. The molecule has 0 spiro atoms. The Balaban J connectivity index is 1.07. The Bertz CT molecular complexity index is 3410. The van der Waals surface area contributed by atoms with E-state index in [9.17, 15) is 0 Å². The van der Waals surface area contributed by atoms with Crippen LogP contribution < -0.4 is 0 Å². The van der Waals surface area contributed by atoms with Gasteiger partial charge in [-0.2, -0.15) is 0 Å². The molecule has 1 aliphatic carbocycles. The van der Waals surface area contributed by atoms with Crippen LogP contribution in [0.2, 0.25) is 0 Å². The highest BCUT2D eigenvalue weighted by molar-refractivity contribution is 6.19. The van der Waals surface area contributed by atoms with Crippen molar-refractivity contribution in [2.45, 2.75) is 0 Å². The number of hydrogen-bond donors (Lipinski definition) is 0. The van der Waals surface area contributed by atoms with Crippen molar-refractivity contribution in [1.29, 1.82) is 0 Å². The van der Waals surface area contributed by atoms with Crippen molar-refractivity contribution in [1.82, 2.24) is 9.97 Å². The minimum atomic E-state index is 0.682. The molecule has 2 aromatic heterocycles. The molecule has 9 aromatic carbocycles.